The Morgan fingerprint density at radius 3 is 2.67 bits per heavy atom. The minimum atomic E-state index is -0.382. The van der Waals surface area contributed by atoms with Crippen LogP contribution in [0.25, 0.3) is 0 Å². The van der Waals surface area contributed by atoms with Crippen LogP contribution in [0.4, 0.5) is 0 Å². The SMILES string of the molecule is CC(=O)OC(CBr)c1ccc(Cl)cc1Cl. The molecule has 0 amide bonds. The molecule has 0 spiro atoms. The molecule has 0 aliphatic carbocycles. The van der Waals surface area contributed by atoms with E-state index in [1.54, 1.807) is 18.2 Å². The Kier molecular flexibility index (Phi) is 4.90. The average Bonchev–Trinajstić information content (AvgIpc) is 2.14. The number of esters is 1. The molecule has 1 atom stereocenters. The topological polar surface area (TPSA) is 26.3 Å². The molecule has 0 saturated heterocycles. The molecule has 0 aliphatic rings. The van der Waals surface area contributed by atoms with E-state index >= 15 is 0 Å². The lowest BCUT2D eigenvalue weighted by atomic mass is 10.1. The molecular weight excluding hydrogens is 303 g/mol. The molecule has 0 radical (unpaired) electrons. The number of hydrogen-bond acceptors (Lipinski definition) is 2. The number of halogens is 3. The molecule has 0 aliphatic heterocycles. The molecule has 1 rings (SSSR count). The van der Waals surface area contributed by atoms with Crippen molar-refractivity contribution in [2.75, 3.05) is 5.33 Å². The highest BCUT2D eigenvalue weighted by molar-refractivity contribution is 9.09. The third-order valence-electron chi connectivity index (χ3n) is 1.76. The molecule has 0 N–H and O–H groups in total. The van der Waals surface area contributed by atoms with E-state index in [-0.39, 0.29) is 12.1 Å². The molecule has 1 unspecified atom stereocenters. The Hall–Kier alpha value is -0.250. The molecule has 2 nitrogen and oxygen atoms in total. The highest BCUT2D eigenvalue weighted by Crippen LogP contribution is 2.29. The van der Waals surface area contributed by atoms with E-state index in [4.69, 9.17) is 27.9 Å². The standard InChI is InChI=1S/C10H9BrCl2O2/c1-6(14)15-10(5-11)8-3-2-7(12)4-9(8)13/h2-4,10H,5H2,1H3. The van der Waals surface area contributed by atoms with Crippen molar-refractivity contribution < 1.29 is 9.53 Å². The molecule has 0 saturated carbocycles. The van der Waals surface area contributed by atoms with Gasteiger partial charge in [-0.3, -0.25) is 4.79 Å². The summed E-state index contributed by atoms with van der Waals surface area (Å²) in [5.41, 5.74) is 0.744. The zero-order chi connectivity index (χ0) is 11.4. The van der Waals surface area contributed by atoms with Crippen LogP contribution in [0, 0.1) is 0 Å². The van der Waals surface area contributed by atoms with Crippen molar-refractivity contribution in [2.24, 2.45) is 0 Å². The third kappa shape index (κ3) is 3.67. The first-order valence-corrected chi connectivity index (χ1v) is 6.10. The van der Waals surface area contributed by atoms with Crippen molar-refractivity contribution in [1.29, 1.82) is 0 Å². The van der Waals surface area contributed by atoms with Crippen LogP contribution in [0.1, 0.15) is 18.6 Å². The summed E-state index contributed by atoms with van der Waals surface area (Å²) in [5.74, 6) is -0.342. The van der Waals surface area contributed by atoms with Gasteiger partial charge in [0.2, 0.25) is 0 Å². The number of carbonyl (C=O) groups excluding carboxylic acids is 1. The Balaban J connectivity index is 2.96. The lowest BCUT2D eigenvalue weighted by Crippen LogP contribution is -2.10. The zero-order valence-corrected chi connectivity index (χ0v) is 11.1. The van der Waals surface area contributed by atoms with Gasteiger partial charge in [-0.25, -0.2) is 0 Å². The van der Waals surface area contributed by atoms with Crippen LogP contribution in [0.3, 0.4) is 0 Å². The Morgan fingerprint density at radius 2 is 2.20 bits per heavy atom. The van der Waals surface area contributed by atoms with Crippen LogP contribution in [0.5, 0.6) is 0 Å². The number of benzene rings is 1. The van der Waals surface area contributed by atoms with Gasteiger partial charge in [0.05, 0.1) is 0 Å². The van der Waals surface area contributed by atoms with E-state index in [0.29, 0.717) is 15.4 Å². The van der Waals surface area contributed by atoms with Gasteiger partial charge >= 0.3 is 5.97 Å². The van der Waals surface area contributed by atoms with Crippen molar-refractivity contribution in [2.45, 2.75) is 13.0 Å². The fraction of sp³-hybridized carbons (Fsp3) is 0.300. The predicted octanol–water partition coefficient (Wildman–Crippen LogP) is 3.99. The molecule has 1 aromatic rings. The molecule has 15 heavy (non-hydrogen) atoms. The number of ether oxygens (including phenoxy) is 1. The number of hydrogen-bond donors (Lipinski definition) is 0. The second-order valence-corrected chi connectivity index (χ2v) is 4.41. The van der Waals surface area contributed by atoms with Crippen LogP contribution >= 0.6 is 39.1 Å². The molecule has 82 valence electrons. The molecule has 1 aromatic carbocycles. The monoisotopic (exact) mass is 310 g/mol. The minimum absolute atomic E-state index is 0.342. The van der Waals surface area contributed by atoms with Crippen LogP contribution in [-0.2, 0) is 9.53 Å². The highest BCUT2D eigenvalue weighted by Gasteiger charge is 2.16. The van der Waals surface area contributed by atoms with Gasteiger partial charge in [-0.2, -0.15) is 0 Å². The van der Waals surface area contributed by atoms with E-state index in [1.165, 1.54) is 6.92 Å². The first-order chi connectivity index (χ1) is 7.04. The van der Waals surface area contributed by atoms with Gasteiger partial charge in [0.15, 0.2) is 0 Å². The van der Waals surface area contributed by atoms with E-state index in [9.17, 15) is 4.79 Å². The molecule has 0 bridgehead atoms. The van der Waals surface area contributed by atoms with Crippen LogP contribution in [0.2, 0.25) is 10.0 Å². The van der Waals surface area contributed by atoms with Gasteiger partial charge in [0.25, 0.3) is 0 Å². The summed E-state index contributed by atoms with van der Waals surface area (Å²) < 4.78 is 5.09. The first-order valence-electron chi connectivity index (χ1n) is 4.22. The smallest absolute Gasteiger partial charge is 0.303 e. The Labute approximate surface area is 107 Å². The normalized spacial score (nSPS) is 12.3. The fourth-order valence-electron chi connectivity index (χ4n) is 1.14. The summed E-state index contributed by atoms with van der Waals surface area (Å²) in [6.07, 6.45) is -0.382. The van der Waals surface area contributed by atoms with Gasteiger partial charge in [0, 0.05) is 27.9 Å². The minimum Gasteiger partial charge on any atom is -0.457 e. The Bertz CT molecular complexity index is 368. The second kappa shape index (κ2) is 5.73. The van der Waals surface area contributed by atoms with Crippen molar-refractivity contribution in [3.05, 3.63) is 33.8 Å². The maximum Gasteiger partial charge on any atom is 0.303 e. The van der Waals surface area contributed by atoms with Gasteiger partial charge in [-0.1, -0.05) is 45.2 Å². The molecule has 0 aromatic heterocycles. The zero-order valence-electron chi connectivity index (χ0n) is 7.97. The van der Waals surface area contributed by atoms with Crippen LogP contribution < -0.4 is 0 Å². The van der Waals surface area contributed by atoms with Gasteiger partial charge in [-0.15, -0.1) is 0 Å². The van der Waals surface area contributed by atoms with E-state index < -0.39 is 0 Å². The van der Waals surface area contributed by atoms with E-state index in [0.717, 1.165) is 5.56 Å². The molecule has 0 heterocycles. The van der Waals surface area contributed by atoms with Gasteiger partial charge in [0.1, 0.15) is 6.10 Å². The number of carbonyl (C=O) groups is 1. The average molecular weight is 312 g/mol. The Morgan fingerprint density at radius 1 is 1.53 bits per heavy atom. The van der Waals surface area contributed by atoms with E-state index in [2.05, 4.69) is 15.9 Å². The first kappa shape index (κ1) is 12.8. The van der Waals surface area contributed by atoms with Crippen molar-refractivity contribution in [1.82, 2.24) is 0 Å². The summed E-state index contributed by atoms with van der Waals surface area (Å²) in [6.45, 7) is 1.36. The maximum absolute atomic E-state index is 10.9. The second-order valence-electron chi connectivity index (χ2n) is 2.92. The van der Waals surface area contributed by atoms with Crippen LogP contribution in [-0.4, -0.2) is 11.3 Å². The fourth-order valence-corrected chi connectivity index (χ4v) is 2.15. The largest absolute Gasteiger partial charge is 0.457 e. The van der Waals surface area contributed by atoms with Crippen molar-refractivity contribution in [3.8, 4) is 0 Å². The van der Waals surface area contributed by atoms with Crippen molar-refractivity contribution in [3.63, 3.8) is 0 Å². The quantitative estimate of drug-likeness (QED) is 0.623. The summed E-state index contributed by atoms with van der Waals surface area (Å²) in [4.78, 5) is 10.9. The summed E-state index contributed by atoms with van der Waals surface area (Å²) in [7, 11) is 0. The lowest BCUT2D eigenvalue weighted by Gasteiger charge is -2.16. The van der Waals surface area contributed by atoms with Crippen LogP contribution in [0.15, 0.2) is 18.2 Å². The summed E-state index contributed by atoms with van der Waals surface area (Å²) >= 11 is 15.0. The third-order valence-corrected chi connectivity index (χ3v) is 2.91. The predicted molar refractivity (Wildman–Crippen MR) is 64.8 cm³/mol. The van der Waals surface area contributed by atoms with E-state index in [1.807, 2.05) is 0 Å². The maximum atomic E-state index is 10.9. The lowest BCUT2D eigenvalue weighted by molar-refractivity contribution is -0.145. The summed E-state index contributed by atoms with van der Waals surface area (Å²) in [6, 6.07) is 5.08. The highest BCUT2D eigenvalue weighted by atomic mass is 79.9. The van der Waals surface area contributed by atoms with Gasteiger partial charge in [-0.05, 0) is 12.1 Å². The van der Waals surface area contributed by atoms with Gasteiger partial charge < -0.3 is 4.74 Å². The molecule has 0 fully saturated rings. The van der Waals surface area contributed by atoms with Crippen molar-refractivity contribution >= 4 is 45.1 Å². The number of rotatable bonds is 3. The molecule has 5 heteroatoms. The summed E-state index contributed by atoms with van der Waals surface area (Å²) in [5, 5.41) is 1.54. The number of alkyl halides is 1. The molecular formula is C10H9BrCl2O2.